The molecule has 0 spiro atoms. The number of allylic oxidation sites excluding steroid dienone is 2. The highest BCUT2D eigenvalue weighted by Crippen LogP contribution is 2.66. The molecule has 0 aromatic rings. The summed E-state index contributed by atoms with van der Waals surface area (Å²) in [6, 6.07) is 0. The molecule has 0 heterocycles. The molecule has 0 aliphatic heterocycles. The van der Waals surface area contributed by atoms with Crippen molar-refractivity contribution in [2.75, 3.05) is 0 Å². The number of hydrogen-bond acceptors (Lipinski definition) is 0. The second-order valence-electron chi connectivity index (χ2n) is 8.95. The Bertz CT molecular complexity index is 418. The van der Waals surface area contributed by atoms with Crippen molar-refractivity contribution in [1.82, 2.24) is 0 Å². The number of fused-ring (bicyclic) bond motifs is 8. The topological polar surface area (TPSA) is 0 Å². The van der Waals surface area contributed by atoms with Gasteiger partial charge in [-0.1, -0.05) is 69.4 Å². The molecule has 124 valence electrons. The first-order valence-electron chi connectivity index (χ1n) is 10.6. The molecule has 22 heavy (non-hydrogen) atoms. The number of unbranched alkanes of at least 4 members (excludes halogenated alkanes) is 7. The predicted octanol–water partition coefficient (Wildman–Crippen LogP) is 6.90. The van der Waals surface area contributed by atoms with E-state index in [-0.39, 0.29) is 0 Å². The van der Waals surface area contributed by atoms with E-state index in [2.05, 4.69) is 6.92 Å². The molecular weight excluding hydrogens is 264 g/mol. The van der Waals surface area contributed by atoms with Crippen molar-refractivity contribution in [3.63, 3.8) is 0 Å². The van der Waals surface area contributed by atoms with Gasteiger partial charge in [0.05, 0.1) is 0 Å². The smallest absolute Gasteiger partial charge is 0.0135 e. The first-order chi connectivity index (χ1) is 10.9. The first kappa shape index (κ1) is 15.3. The largest absolute Gasteiger partial charge is 0.0698 e. The lowest BCUT2D eigenvalue weighted by atomic mass is 9.71. The summed E-state index contributed by atoms with van der Waals surface area (Å²) in [6.07, 6.45) is 21.2. The minimum Gasteiger partial charge on any atom is -0.0698 e. The summed E-state index contributed by atoms with van der Waals surface area (Å²) in [5.74, 6) is 5.51. The quantitative estimate of drug-likeness (QED) is 0.321. The van der Waals surface area contributed by atoms with Crippen LogP contribution >= 0.6 is 0 Å². The van der Waals surface area contributed by atoms with Gasteiger partial charge in [-0.15, -0.1) is 0 Å². The maximum Gasteiger partial charge on any atom is -0.0135 e. The van der Waals surface area contributed by atoms with E-state index >= 15 is 0 Å². The highest BCUT2D eigenvalue weighted by Gasteiger charge is 2.55. The van der Waals surface area contributed by atoms with Gasteiger partial charge in [-0.05, 0) is 68.1 Å². The summed E-state index contributed by atoms with van der Waals surface area (Å²) in [7, 11) is 0. The Labute approximate surface area is 138 Å². The van der Waals surface area contributed by atoms with Gasteiger partial charge in [0.25, 0.3) is 0 Å². The van der Waals surface area contributed by atoms with Gasteiger partial charge in [-0.25, -0.2) is 0 Å². The molecule has 0 saturated heterocycles. The van der Waals surface area contributed by atoms with Crippen LogP contribution < -0.4 is 0 Å². The fourth-order valence-corrected chi connectivity index (χ4v) is 6.77. The molecule has 4 bridgehead atoms. The molecule has 0 nitrogen and oxygen atoms in total. The van der Waals surface area contributed by atoms with Gasteiger partial charge in [0.1, 0.15) is 0 Å². The third-order valence-corrected chi connectivity index (χ3v) is 7.67. The van der Waals surface area contributed by atoms with Crippen LogP contribution in [0.25, 0.3) is 0 Å². The van der Waals surface area contributed by atoms with Crippen LogP contribution in [0.1, 0.15) is 96.8 Å². The molecule has 5 unspecified atom stereocenters. The molecule has 0 amide bonds. The summed E-state index contributed by atoms with van der Waals surface area (Å²) >= 11 is 0. The van der Waals surface area contributed by atoms with E-state index < -0.39 is 0 Å². The van der Waals surface area contributed by atoms with Crippen molar-refractivity contribution < 1.29 is 0 Å². The summed E-state index contributed by atoms with van der Waals surface area (Å²) in [6.45, 7) is 2.31. The van der Waals surface area contributed by atoms with Crippen LogP contribution in [-0.4, -0.2) is 0 Å². The first-order valence-corrected chi connectivity index (χ1v) is 10.6. The summed E-state index contributed by atoms with van der Waals surface area (Å²) in [5, 5.41) is 0. The lowest BCUT2D eigenvalue weighted by Gasteiger charge is -2.33. The molecule has 5 atom stereocenters. The lowest BCUT2D eigenvalue weighted by Crippen LogP contribution is -2.25. The van der Waals surface area contributed by atoms with Crippen molar-refractivity contribution in [3.8, 4) is 0 Å². The summed E-state index contributed by atoms with van der Waals surface area (Å²) < 4.78 is 0. The van der Waals surface area contributed by atoms with Crippen LogP contribution in [0.15, 0.2) is 11.1 Å². The standard InChI is InChI=1S/C22H36/c1-2-3-4-5-6-7-8-9-10-16-13-19-15-20(16)22-18-12-11-17(14-18)21(19)22/h16-18,20,22H,2-15H2,1H3. The SMILES string of the molecule is CCCCCCCCCCC1CC2=C3C4CCC(C4)C3C1C2. The molecule has 3 saturated carbocycles. The average molecular weight is 301 g/mol. The zero-order valence-electron chi connectivity index (χ0n) is 14.8. The monoisotopic (exact) mass is 300 g/mol. The van der Waals surface area contributed by atoms with Crippen LogP contribution in [-0.2, 0) is 0 Å². The minimum absolute atomic E-state index is 1.07. The van der Waals surface area contributed by atoms with Gasteiger partial charge in [0.15, 0.2) is 0 Å². The molecule has 4 rings (SSSR count). The van der Waals surface area contributed by atoms with Gasteiger partial charge >= 0.3 is 0 Å². The molecule has 0 radical (unpaired) electrons. The van der Waals surface area contributed by atoms with Gasteiger partial charge < -0.3 is 0 Å². The van der Waals surface area contributed by atoms with Gasteiger partial charge in [-0.3, -0.25) is 0 Å². The van der Waals surface area contributed by atoms with E-state index in [0.29, 0.717) is 0 Å². The number of hydrogen-bond donors (Lipinski definition) is 0. The van der Waals surface area contributed by atoms with E-state index in [1.807, 2.05) is 11.1 Å². The Morgan fingerprint density at radius 3 is 2.45 bits per heavy atom. The third kappa shape index (κ3) is 2.69. The summed E-state index contributed by atoms with van der Waals surface area (Å²) in [4.78, 5) is 0. The molecule has 0 heteroatoms. The normalized spacial score (nSPS) is 38.3. The number of rotatable bonds is 9. The van der Waals surface area contributed by atoms with Gasteiger partial charge in [0, 0.05) is 0 Å². The van der Waals surface area contributed by atoms with Crippen molar-refractivity contribution in [1.29, 1.82) is 0 Å². The molecule has 0 N–H and O–H groups in total. The Morgan fingerprint density at radius 1 is 0.864 bits per heavy atom. The second-order valence-corrected chi connectivity index (χ2v) is 8.95. The zero-order chi connectivity index (χ0) is 14.9. The Balaban J connectivity index is 1.17. The molecule has 3 fully saturated rings. The Hall–Kier alpha value is -0.260. The van der Waals surface area contributed by atoms with Crippen LogP contribution in [0.3, 0.4) is 0 Å². The van der Waals surface area contributed by atoms with E-state index in [4.69, 9.17) is 0 Å². The molecule has 0 aromatic carbocycles. The van der Waals surface area contributed by atoms with Crippen LogP contribution in [0.5, 0.6) is 0 Å². The van der Waals surface area contributed by atoms with Crippen molar-refractivity contribution >= 4 is 0 Å². The summed E-state index contributed by atoms with van der Waals surface area (Å²) in [5.41, 5.74) is 4.01. The van der Waals surface area contributed by atoms with E-state index in [9.17, 15) is 0 Å². The van der Waals surface area contributed by atoms with Crippen LogP contribution in [0.4, 0.5) is 0 Å². The minimum atomic E-state index is 1.07. The van der Waals surface area contributed by atoms with Crippen LogP contribution in [0, 0.1) is 29.6 Å². The second kappa shape index (κ2) is 6.70. The Morgan fingerprint density at radius 2 is 1.64 bits per heavy atom. The molecule has 4 aliphatic rings. The maximum absolute atomic E-state index is 2.31. The molecular formula is C22H36. The van der Waals surface area contributed by atoms with Crippen molar-refractivity contribution in [2.45, 2.75) is 96.8 Å². The third-order valence-electron chi connectivity index (χ3n) is 7.67. The van der Waals surface area contributed by atoms with Gasteiger partial charge in [0.2, 0.25) is 0 Å². The Kier molecular flexibility index (Phi) is 4.65. The van der Waals surface area contributed by atoms with Gasteiger partial charge in [-0.2, -0.15) is 0 Å². The highest BCUT2D eigenvalue weighted by molar-refractivity contribution is 5.37. The molecule has 4 aliphatic carbocycles. The highest BCUT2D eigenvalue weighted by atomic mass is 14.6. The maximum atomic E-state index is 2.31. The van der Waals surface area contributed by atoms with Crippen molar-refractivity contribution in [3.05, 3.63) is 11.1 Å². The van der Waals surface area contributed by atoms with Crippen molar-refractivity contribution in [2.24, 2.45) is 29.6 Å². The average Bonchev–Trinajstić information content (AvgIpc) is 3.28. The molecule has 0 aromatic heterocycles. The van der Waals surface area contributed by atoms with E-state index in [0.717, 1.165) is 29.6 Å². The fraction of sp³-hybridized carbons (Fsp3) is 0.909. The fourth-order valence-electron chi connectivity index (χ4n) is 6.77. The predicted molar refractivity (Wildman–Crippen MR) is 94.8 cm³/mol. The van der Waals surface area contributed by atoms with Crippen LogP contribution in [0.2, 0.25) is 0 Å². The lowest BCUT2D eigenvalue weighted by molar-refractivity contribution is 0.219. The van der Waals surface area contributed by atoms with E-state index in [1.54, 1.807) is 25.7 Å². The van der Waals surface area contributed by atoms with E-state index in [1.165, 1.54) is 64.2 Å². The zero-order valence-corrected chi connectivity index (χ0v) is 14.8.